The van der Waals surface area contributed by atoms with E-state index in [9.17, 15) is 5.11 Å². The number of rotatable bonds is 3. The molecule has 0 saturated carbocycles. The SMILES string of the molecule is OC(Cc1ccccc1)c1ccc2c(c1)CCO2. The third kappa shape index (κ3) is 2.24. The lowest BCUT2D eigenvalue weighted by Gasteiger charge is -2.12. The first kappa shape index (κ1) is 11.3. The molecule has 1 unspecified atom stereocenters. The lowest BCUT2D eigenvalue weighted by Crippen LogP contribution is -2.02. The molecule has 0 aromatic heterocycles. The zero-order chi connectivity index (χ0) is 12.4. The lowest BCUT2D eigenvalue weighted by molar-refractivity contribution is 0.178. The summed E-state index contributed by atoms with van der Waals surface area (Å²) in [5, 5.41) is 10.3. The van der Waals surface area contributed by atoms with Crippen LogP contribution in [0.3, 0.4) is 0 Å². The van der Waals surface area contributed by atoms with Crippen LogP contribution in [-0.2, 0) is 12.8 Å². The highest BCUT2D eigenvalue weighted by molar-refractivity contribution is 5.40. The zero-order valence-electron chi connectivity index (χ0n) is 10.2. The summed E-state index contributed by atoms with van der Waals surface area (Å²) in [6, 6.07) is 16.1. The molecule has 0 saturated heterocycles. The molecular formula is C16H16O2. The Balaban J connectivity index is 1.78. The first-order chi connectivity index (χ1) is 8.83. The van der Waals surface area contributed by atoms with Gasteiger partial charge in [0.05, 0.1) is 12.7 Å². The second-order valence-electron chi connectivity index (χ2n) is 4.67. The van der Waals surface area contributed by atoms with Crippen molar-refractivity contribution in [3.63, 3.8) is 0 Å². The van der Waals surface area contributed by atoms with Crippen LogP contribution >= 0.6 is 0 Å². The van der Waals surface area contributed by atoms with E-state index in [0.717, 1.165) is 29.9 Å². The number of aliphatic hydroxyl groups is 1. The Hall–Kier alpha value is -1.80. The average molecular weight is 240 g/mol. The van der Waals surface area contributed by atoms with Crippen LogP contribution in [0.2, 0.25) is 0 Å². The summed E-state index contributed by atoms with van der Waals surface area (Å²) in [7, 11) is 0. The monoisotopic (exact) mass is 240 g/mol. The maximum Gasteiger partial charge on any atom is 0.122 e. The number of aliphatic hydroxyl groups excluding tert-OH is 1. The highest BCUT2D eigenvalue weighted by atomic mass is 16.5. The molecule has 0 amide bonds. The molecule has 18 heavy (non-hydrogen) atoms. The summed E-state index contributed by atoms with van der Waals surface area (Å²) in [6.07, 6.45) is 1.15. The Morgan fingerprint density at radius 1 is 1.11 bits per heavy atom. The van der Waals surface area contributed by atoms with E-state index in [-0.39, 0.29) is 0 Å². The van der Waals surface area contributed by atoms with Gasteiger partial charge in [0, 0.05) is 12.8 Å². The van der Waals surface area contributed by atoms with E-state index in [0.29, 0.717) is 6.42 Å². The Morgan fingerprint density at radius 3 is 2.78 bits per heavy atom. The average Bonchev–Trinajstić information content (AvgIpc) is 2.87. The molecule has 2 nitrogen and oxygen atoms in total. The lowest BCUT2D eigenvalue weighted by atomic mass is 9.99. The molecule has 0 fully saturated rings. The van der Waals surface area contributed by atoms with Gasteiger partial charge in [0.2, 0.25) is 0 Å². The van der Waals surface area contributed by atoms with E-state index >= 15 is 0 Å². The molecule has 0 aliphatic carbocycles. The molecule has 1 heterocycles. The van der Waals surface area contributed by atoms with Crippen molar-refractivity contribution < 1.29 is 9.84 Å². The smallest absolute Gasteiger partial charge is 0.122 e. The molecule has 3 rings (SSSR count). The summed E-state index contributed by atoms with van der Waals surface area (Å²) in [4.78, 5) is 0. The normalized spacial score (nSPS) is 14.9. The van der Waals surface area contributed by atoms with Crippen molar-refractivity contribution in [1.29, 1.82) is 0 Å². The topological polar surface area (TPSA) is 29.5 Å². The van der Waals surface area contributed by atoms with Crippen LogP contribution in [0, 0.1) is 0 Å². The second kappa shape index (κ2) is 4.83. The van der Waals surface area contributed by atoms with Gasteiger partial charge in [-0.25, -0.2) is 0 Å². The summed E-state index contributed by atoms with van der Waals surface area (Å²) in [5.74, 6) is 0.964. The molecule has 2 aromatic carbocycles. The van der Waals surface area contributed by atoms with Crippen molar-refractivity contribution in [3.8, 4) is 5.75 Å². The van der Waals surface area contributed by atoms with Gasteiger partial charge in [-0.3, -0.25) is 0 Å². The van der Waals surface area contributed by atoms with Gasteiger partial charge in [-0.1, -0.05) is 36.4 Å². The number of benzene rings is 2. The molecule has 0 bridgehead atoms. The van der Waals surface area contributed by atoms with E-state index in [1.807, 2.05) is 42.5 Å². The summed E-state index contributed by atoms with van der Waals surface area (Å²) >= 11 is 0. The summed E-state index contributed by atoms with van der Waals surface area (Å²) < 4.78 is 5.47. The summed E-state index contributed by atoms with van der Waals surface area (Å²) in [5.41, 5.74) is 3.34. The number of hydrogen-bond acceptors (Lipinski definition) is 2. The third-order valence-corrected chi connectivity index (χ3v) is 3.37. The predicted octanol–water partition coefficient (Wildman–Crippen LogP) is 2.90. The quantitative estimate of drug-likeness (QED) is 0.894. The van der Waals surface area contributed by atoms with Crippen molar-refractivity contribution in [2.45, 2.75) is 18.9 Å². The number of fused-ring (bicyclic) bond motifs is 1. The van der Waals surface area contributed by atoms with Gasteiger partial charge in [0.25, 0.3) is 0 Å². The molecular weight excluding hydrogens is 224 g/mol. The van der Waals surface area contributed by atoms with Crippen LogP contribution in [0.25, 0.3) is 0 Å². The van der Waals surface area contributed by atoms with Crippen LogP contribution in [0.1, 0.15) is 22.8 Å². The molecule has 1 N–H and O–H groups in total. The fourth-order valence-corrected chi connectivity index (χ4v) is 2.37. The van der Waals surface area contributed by atoms with Crippen LogP contribution in [0.5, 0.6) is 5.75 Å². The van der Waals surface area contributed by atoms with Crippen LogP contribution in [-0.4, -0.2) is 11.7 Å². The van der Waals surface area contributed by atoms with Gasteiger partial charge in [-0.05, 0) is 28.8 Å². The van der Waals surface area contributed by atoms with Gasteiger partial charge < -0.3 is 9.84 Å². The van der Waals surface area contributed by atoms with E-state index in [1.165, 1.54) is 5.56 Å². The minimum absolute atomic E-state index is 0.446. The van der Waals surface area contributed by atoms with Crippen molar-refractivity contribution in [1.82, 2.24) is 0 Å². The zero-order valence-corrected chi connectivity index (χ0v) is 10.2. The van der Waals surface area contributed by atoms with E-state index in [1.54, 1.807) is 0 Å². The minimum atomic E-state index is -0.446. The van der Waals surface area contributed by atoms with Crippen LogP contribution in [0.4, 0.5) is 0 Å². The van der Waals surface area contributed by atoms with Crippen LogP contribution < -0.4 is 4.74 Å². The van der Waals surface area contributed by atoms with Crippen molar-refractivity contribution in [3.05, 3.63) is 65.2 Å². The van der Waals surface area contributed by atoms with Crippen LogP contribution in [0.15, 0.2) is 48.5 Å². The van der Waals surface area contributed by atoms with Gasteiger partial charge in [0.15, 0.2) is 0 Å². The van der Waals surface area contributed by atoms with Crippen molar-refractivity contribution in [2.24, 2.45) is 0 Å². The minimum Gasteiger partial charge on any atom is -0.493 e. The van der Waals surface area contributed by atoms with Gasteiger partial charge >= 0.3 is 0 Å². The maximum atomic E-state index is 10.3. The molecule has 1 atom stereocenters. The van der Waals surface area contributed by atoms with Gasteiger partial charge in [0.1, 0.15) is 5.75 Å². The molecule has 1 aliphatic heterocycles. The molecule has 0 spiro atoms. The molecule has 0 radical (unpaired) electrons. The van der Waals surface area contributed by atoms with Gasteiger partial charge in [-0.2, -0.15) is 0 Å². The standard InChI is InChI=1S/C16H16O2/c17-15(10-12-4-2-1-3-5-12)13-6-7-16-14(11-13)8-9-18-16/h1-7,11,15,17H,8-10H2. The maximum absolute atomic E-state index is 10.3. The fraction of sp³-hybridized carbons (Fsp3) is 0.250. The Bertz CT molecular complexity index is 534. The molecule has 92 valence electrons. The molecule has 1 aliphatic rings. The Kier molecular flexibility index (Phi) is 3.03. The molecule has 2 aromatic rings. The molecule has 2 heteroatoms. The number of ether oxygens (including phenoxy) is 1. The van der Waals surface area contributed by atoms with E-state index in [4.69, 9.17) is 4.74 Å². The van der Waals surface area contributed by atoms with E-state index in [2.05, 4.69) is 6.07 Å². The fourth-order valence-electron chi connectivity index (χ4n) is 2.37. The van der Waals surface area contributed by atoms with Gasteiger partial charge in [-0.15, -0.1) is 0 Å². The largest absolute Gasteiger partial charge is 0.493 e. The van der Waals surface area contributed by atoms with E-state index < -0.39 is 6.10 Å². The highest BCUT2D eigenvalue weighted by Gasteiger charge is 2.15. The van der Waals surface area contributed by atoms with Crippen molar-refractivity contribution in [2.75, 3.05) is 6.61 Å². The Labute approximate surface area is 107 Å². The number of hydrogen-bond donors (Lipinski definition) is 1. The third-order valence-electron chi connectivity index (χ3n) is 3.37. The highest BCUT2D eigenvalue weighted by Crippen LogP contribution is 2.29. The second-order valence-corrected chi connectivity index (χ2v) is 4.67. The predicted molar refractivity (Wildman–Crippen MR) is 70.7 cm³/mol. The Morgan fingerprint density at radius 2 is 1.94 bits per heavy atom. The van der Waals surface area contributed by atoms with Crippen molar-refractivity contribution >= 4 is 0 Å². The summed E-state index contributed by atoms with van der Waals surface area (Å²) in [6.45, 7) is 0.758. The first-order valence-corrected chi connectivity index (χ1v) is 6.30. The first-order valence-electron chi connectivity index (χ1n) is 6.30.